The number of halogens is 1. The van der Waals surface area contributed by atoms with E-state index in [1.165, 1.54) is 210 Å². The van der Waals surface area contributed by atoms with Crippen LogP contribution < -0.4 is 24.0 Å². The summed E-state index contributed by atoms with van der Waals surface area (Å²) in [6.07, 6.45) is 41.1. The predicted molar refractivity (Wildman–Crippen MR) is 172 cm³/mol. The summed E-state index contributed by atoms with van der Waals surface area (Å²) in [4.78, 5) is 0. The Morgan fingerprint density at radius 3 is 0.632 bits per heavy atom. The Bertz CT molecular complexity index is 372. The molecule has 0 aliphatic carbocycles. The lowest BCUT2D eigenvalue weighted by molar-refractivity contribution is -0.925. The maximum atomic E-state index is 2.44. The van der Waals surface area contributed by atoms with Gasteiger partial charge in [0, 0.05) is 0 Å². The number of rotatable bonds is 32. The molecule has 2 heteroatoms. The largest absolute Gasteiger partial charge is 1.00 e. The Kier molecular flexibility index (Phi) is 36.4. The molecule has 0 aliphatic rings. The molecule has 0 radical (unpaired) electrons. The van der Waals surface area contributed by atoms with Gasteiger partial charge in [-0.2, -0.15) is 0 Å². The molecule has 0 amide bonds. The summed E-state index contributed by atoms with van der Waals surface area (Å²) in [5.41, 5.74) is 0. The summed E-state index contributed by atoms with van der Waals surface area (Å²) < 4.78 is 1.39. The summed E-state index contributed by atoms with van der Waals surface area (Å²) in [6, 6.07) is 0. The number of nitrogens with zero attached hydrogens (tertiary/aromatic N) is 1. The van der Waals surface area contributed by atoms with Gasteiger partial charge in [0.15, 0.2) is 0 Å². The van der Waals surface area contributed by atoms with Crippen LogP contribution in [0.1, 0.15) is 207 Å². The van der Waals surface area contributed by atoms with E-state index < -0.39 is 0 Å². The smallest absolute Gasteiger partial charge is 0.0786 e. The molecule has 0 saturated carbocycles. The van der Waals surface area contributed by atoms with Gasteiger partial charge in [-0.1, -0.05) is 168 Å². The first-order valence-corrected chi connectivity index (χ1v) is 18.1. The van der Waals surface area contributed by atoms with Crippen molar-refractivity contribution in [2.75, 3.05) is 26.2 Å². The third-order valence-corrected chi connectivity index (χ3v) is 9.31. The lowest BCUT2D eigenvalue weighted by atomic mass is 10.0. The SMILES string of the molecule is CCCCCCCCCCCCCCCC[N+](CC)(CC)CCCCCCCCCCCCCCCC.[I-]. The monoisotopic (exact) mass is 650 g/mol. The fraction of sp³-hybridized carbons (Fsp3) is 1.00. The molecule has 0 fully saturated rings. The minimum absolute atomic E-state index is 0. The zero-order valence-corrected chi connectivity index (χ0v) is 29.6. The lowest BCUT2D eigenvalue weighted by Crippen LogP contribution is -3.00. The molecule has 0 aromatic rings. The van der Waals surface area contributed by atoms with Gasteiger partial charge in [-0.3, -0.25) is 0 Å². The van der Waals surface area contributed by atoms with Crippen LogP contribution in [0, 0.1) is 0 Å². The Labute approximate surface area is 261 Å². The molecule has 0 N–H and O–H groups in total. The average molecular weight is 650 g/mol. The minimum Gasteiger partial charge on any atom is -1.00 e. The van der Waals surface area contributed by atoms with Crippen molar-refractivity contribution >= 4 is 0 Å². The van der Waals surface area contributed by atoms with Crippen molar-refractivity contribution in [2.24, 2.45) is 0 Å². The van der Waals surface area contributed by atoms with Crippen molar-refractivity contribution in [3.63, 3.8) is 0 Å². The van der Waals surface area contributed by atoms with E-state index in [1.54, 1.807) is 0 Å². The number of quaternary nitrogens is 1. The average Bonchev–Trinajstić information content (AvgIpc) is 2.92. The van der Waals surface area contributed by atoms with Crippen molar-refractivity contribution in [1.82, 2.24) is 0 Å². The van der Waals surface area contributed by atoms with Gasteiger partial charge >= 0.3 is 0 Å². The van der Waals surface area contributed by atoms with Gasteiger partial charge in [-0.15, -0.1) is 0 Å². The Hall–Kier alpha value is 0.690. The molecule has 0 rings (SSSR count). The second kappa shape index (κ2) is 33.9. The first-order valence-electron chi connectivity index (χ1n) is 18.1. The normalized spacial score (nSPS) is 11.7. The fourth-order valence-corrected chi connectivity index (χ4v) is 6.25. The van der Waals surface area contributed by atoms with Gasteiger partial charge in [0.05, 0.1) is 26.2 Å². The quantitative estimate of drug-likeness (QED) is 0.0387. The van der Waals surface area contributed by atoms with E-state index in [1.807, 2.05) is 0 Å². The van der Waals surface area contributed by atoms with Gasteiger partial charge < -0.3 is 28.5 Å². The van der Waals surface area contributed by atoms with Gasteiger partial charge in [-0.25, -0.2) is 0 Å². The Morgan fingerprint density at radius 2 is 0.447 bits per heavy atom. The molecule has 0 aromatic carbocycles. The summed E-state index contributed by atoms with van der Waals surface area (Å²) >= 11 is 0. The van der Waals surface area contributed by atoms with E-state index in [2.05, 4.69) is 27.7 Å². The van der Waals surface area contributed by atoms with Gasteiger partial charge in [0.1, 0.15) is 0 Å². The highest BCUT2D eigenvalue weighted by Gasteiger charge is 2.21. The molecule has 0 atom stereocenters. The van der Waals surface area contributed by atoms with E-state index in [9.17, 15) is 0 Å². The Balaban J connectivity index is 0. The second-order valence-corrected chi connectivity index (χ2v) is 12.6. The minimum atomic E-state index is 0. The summed E-state index contributed by atoms with van der Waals surface area (Å²) in [7, 11) is 0. The molecule has 0 unspecified atom stereocenters. The second-order valence-electron chi connectivity index (χ2n) is 12.6. The first kappa shape index (κ1) is 40.8. The topological polar surface area (TPSA) is 0 Å². The Morgan fingerprint density at radius 1 is 0.263 bits per heavy atom. The molecule has 232 valence electrons. The van der Waals surface area contributed by atoms with Gasteiger partial charge in [-0.05, 0) is 39.5 Å². The third kappa shape index (κ3) is 28.2. The molecule has 0 aromatic heterocycles. The van der Waals surface area contributed by atoms with Crippen molar-refractivity contribution in [3.8, 4) is 0 Å². The number of hydrogen-bond acceptors (Lipinski definition) is 0. The molecule has 1 nitrogen and oxygen atoms in total. The van der Waals surface area contributed by atoms with Crippen LogP contribution in [0.4, 0.5) is 0 Å². The molecular formula is C36H76IN. The summed E-state index contributed by atoms with van der Waals surface area (Å²) in [6.45, 7) is 15.1. The van der Waals surface area contributed by atoms with Crippen molar-refractivity contribution < 1.29 is 28.5 Å². The maximum Gasteiger partial charge on any atom is 0.0786 e. The lowest BCUT2D eigenvalue weighted by Gasteiger charge is -2.37. The molecule has 0 spiro atoms. The highest BCUT2D eigenvalue weighted by atomic mass is 127. The summed E-state index contributed by atoms with van der Waals surface area (Å²) in [5.74, 6) is 0. The van der Waals surface area contributed by atoms with Crippen LogP contribution in [-0.4, -0.2) is 30.7 Å². The van der Waals surface area contributed by atoms with E-state index in [-0.39, 0.29) is 24.0 Å². The third-order valence-electron chi connectivity index (χ3n) is 9.31. The number of hydrogen-bond donors (Lipinski definition) is 0. The predicted octanol–water partition coefficient (Wildman–Crippen LogP) is 9.81. The van der Waals surface area contributed by atoms with Crippen molar-refractivity contribution in [1.29, 1.82) is 0 Å². The molecule has 0 bridgehead atoms. The van der Waals surface area contributed by atoms with Crippen LogP contribution in [0.2, 0.25) is 0 Å². The van der Waals surface area contributed by atoms with Crippen LogP contribution in [0.15, 0.2) is 0 Å². The highest BCUT2D eigenvalue weighted by molar-refractivity contribution is 4.52. The molecule has 38 heavy (non-hydrogen) atoms. The molecule has 0 heterocycles. The van der Waals surface area contributed by atoms with Crippen LogP contribution in [-0.2, 0) is 0 Å². The molecule has 0 aliphatic heterocycles. The standard InChI is InChI=1S/C36H76N.HI/c1-5-9-11-13-15-17-19-21-23-25-27-29-31-33-35-37(7-3,8-4)36-34-32-30-28-26-24-22-20-18-16-14-12-10-6-2;/h5-36H2,1-4H3;1H/q+1;/p-1. The zero-order valence-electron chi connectivity index (χ0n) is 27.5. The van der Waals surface area contributed by atoms with E-state index in [4.69, 9.17) is 0 Å². The zero-order chi connectivity index (χ0) is 27.1. The fourth-order valence-electron chi connectivity index (χ4n) is 6.25. The van der Waals surface area contributed by atoms with Crippen molar-refractivity contribution in [2.45, 2.75) is 207 Å². The first-order chi connectivity index (χ1) is 18.2. The van der Waals surface area contributed by atoms with Crippen LogP contribution in [0.25, 0.3) is 0 Å². The van der Waals surface area contributed by atoms with E-state index in [0.717, 1.165) is 0 Å². The maximum absolute atomic E-state index is 2.44. The molecular weight excluding hydrogens is 573 g/mol. The van der Waals surface area contributed by atoms with Gasteiger partial charge in [0.25, 0.3) is 0 Å². The van der Waals surface area contributed by atoms with Crippen LogP contribution in [0.3, 0.4) is 0 Å². The van der Waals surface area contributed by atoms with Crippen molar-refractivity contribution in [3.05, 3.63) is 0 Å². The van der Waals surface area contributed by atoms with E-state index >= 15 is 0 Å². The molecule has 0 saturated heterocycles. The van der Waals surface area contributed by atoms with Crippen LogP contribution in [0.5, 0.6) is 0 Å². The van der Waals surface area contributed by atoms with Crippen LogP contribution >= 0.6 is 0 Å². The summed E-state index contributed by atoms with van der Waals surface area (Å²) in [5, 5.41) is 0. The van der Waals surface area contributed by atoms with Gasteiger partial charge in [0.2, 0.25) is 0 Å². The highest BCUT2D eigenvalue weighted by Crippen LogP contribution is 2.17. The van der Waals surface area contributed by atoms with E-state index in [0.29, 0.717) is 0 Å². The number of unbranched alkanes of at least 4 members (excludes halogenated alkanes) is 26.